The summed E-state index contributed by atoms with van der Waals surface area (Å²) in [5, 5.41) is 40.0. The number of ether oxygens (including phenoxy) is 2. The highest BCUT2D eigenvalue weighted by Gasteiger charge is 2.20. The number of carbonyl (C=O) groups is 4. The first kappa shape index (κ1) is 48.5. The van der Waals surface area contributed by atoms with Crippen LogP contribution in [0.2, 0.25) is 0 Å². The van der Waals surface area contributed by atoms with Gasteiger partial charge in [-0.05, 0) is 118 Å². The van der Waals surface area contributed by atoms with Crippen LogP contribution in [-0.2, 0) is 6.42 Å². The Morgan fingerprint density at radius 3 is 2.00 bits per heavy atom. The predicted molar refractivity (Wildman–Crippen MR) is 268 cm³/mol. The van der Waals surface area contributed by atoms with Crippen LogP contribution in [0, 0.1) is 0 Å². The zero-order chi connectivity index (χ0) is 48.0. The maximum absolute atomic E-state index is 13.5. The van der Waals surface area contributed by atoms with E-state index >= 15 is 0 Å². The smallest absolute Gasteiger partial charge is 0.335 e. The van der Waals surface area contributed by atoms with Crippen LogP contribution in [0.15, 0.2) is 83.7 Å². The molecule has 17 nitrogen and oxygen atoms in total. The third kappa shape index (κ3) is 13.2. The van der Waals surface area contributed by atoms with Crippen molar-refractivity contribution in [2.45, 2.75) is 51.4 Å². The number of nitrogens with zero attached hydrogens (tertiary/aromatic N) is 4. The van der Waals surface area contributed by atoms with Crippen LogP contribution in [0.5, 0.6) is 11.5 Å². The number of hydrogen-bond acceptors (Lipinski definition) is 15. The summed E-state index contributed by atoms with van der Waals surface area (Å²) < 4.78 is 12.1. The van der Waals surface area contributed by atoms with E-state index in [1.54, 1.807) is 41.2 Å². The Balaban J connectivity index is 0.881. The molecule has 3 aromatic carbocycles. The molecule has 5 heterocycles. The zero-order valence-corrected chi connectivity index (χ0v) is 39.7. The van der Waals surface area contributed by atoms with E-state index in [1.807, 2.05) is 18.2 Å². The summed E-state index contributed by atoms with van der Waals surface area (Å²) in [6, 6.07) is 19.4. The maximum Gasteiger partial charge on any atom is 0.335 e. The molecule has 360 valence electrons. The molecule has 6 aromatic rings. The molecule has 8 bridgehead atoms. The molecular formula is C50H55N9O8S2. The summed E-state index contributed by atoms with van der Waals surface area (Å²) in [6.07, 6.45) is 8.47. The van der Waals surface area contributed by atoms with Crippen molar-refractivity contribution in [1.29, 1.82) is 0 Å². The number of hydrogen-bond donors (Lipinski definition) is 7. The molecule has 7 N–H and O–H groups in total. The van der Waals surface area contributed by atoms with Crippen molar-refractivity contribution >= 4 is 69.2 Å². The molecule has 3 aromatic heterocycles. The topological polar surface area (TPSA) is 229 Å². The van der Waals surface area contributed by atoms with E-state index in [-0.39, 0.29) is 35.2 Å². The number of carboxylic acids is 1. The highest BCUT2D eigenvalue weighted by molar-refractivity contribution is 7.13. The molecule has 0 spiro atoms. The lowest BCUT2D eigenvalue weighted by Gasteiger charge is -2.22. The predicted octanol–water partition coefficient (Wildman–Crippen LogP) is 8.14. The van der Waals surface area contributed by atoms with Crippen molar-refractivity contribution in [3.63, 3.8) is 0 Å². The second kappa shape index (κ2) is 23.9. The Morgan fingerprint density at radius 2 is 1.33 bits per heavy atom. The molecule has 2 aliphatic heterocycles. The fraction of sp³-hybridized carbons (Fsp3) is 0.340. The highest BCUT2D eigenvalue weighted by atomic mass is 32.1. The SMILES string of the molecule is O=C(O)c1ccc2c(c1)NC(=O)c1csc(n1)-c1ccc(CCCN(CCO)CCNC(=O)c3ccc4c(c3)NC(=O)c3csc(n3)-c3ccnc(c3)NCCCCCO4)c(c1)NCCCCCO2. The first-order valence-electron chi connectivity index (χ1n) is 23.2. The number of anilines is 4. The van der Waals surface area contributed by atoms with E-state index in [0.717, 1.165) is 92.7 Å². The number of aryl methyl sites for hydroxylation is 1. The highest BCUT2D eigenvalue weighted by Crippen LogP contribution is 2.33. The van der Waals surface area contributed by atoms with Crippen LogP contribution >= 0.6 is 22.7 Å². The second-order valence-electron chi connectivity index (χ2n) is 16.6. The summed E-state index contributed by atoms with van der Waals surface area (Å²) >= 11 is 2.71. The number of amides is 3. The summed E-state index contributed by atoms with van der Waals surface area (Å²) in [5.74, 6) is -0.689. The van der Waals surface area contributed by atoms with Crippen LogP contribution in [0.25, 0.3) is 21.1 Å². The van der Waals surface area contributed by atoms with Crippen molar-refractivity contribution < 1.29 is 38.9 Å². The minimum Gasteiger partial charge on any atom is -0.491 e. The molecule has 8 rings (SSSR count). The van der Waals surface area contributed by atoms with Gasteiger partial charge < -0.3 is 46.3 Å². The Kier molecular flexibility index (Phi) is 16.8. The maximum atomic E-state index is 13.5. The van der Waals surface area contributed by atoms with Gasteiger partial charge in [0.2, 0.25) is 0 Å². The largest absolute Gasteiger partial charge is 0.491 e. The van der Waals surface area contributed by atoms with Gasteiger partial charge in [0.05, 0.1) is 36.8 Å². The van der Waals surface area contributed by atoms with E-state index < -0.39 is 17.8 Å². The number of fused-ring (bicyclic) bond motifs is 12. The van der Waals surface area contributed by atoms with Crippen LogP contribution in [0.1, 0.15) is 92.2 Å². The molecule has 0 saturated carbocycles. The van der Waals surface area contributed by atoms with Gasteiger partial charge in [0.15, 0.2) is 0 Å². The Hall–Kier alpha value is -6.93. The van der Waals surface area contributed by atoms with E-state index in [9.17, 15) is 29.4 Å². The lowest BCUT2D eigenvalue weighted by molar-refractivity contribution is 0.0696. The normalized spacial score (nSPS) is 14.5. The number of aliphatic hydroxyl groups is 1. The minimum absolute atomic E-state index is 0.0325. The van der Waals surface area contributed by atoms with Crippen LogP contribution in [0.4, 0.5) is 22.9 Å². The van der Waals surface area contributed by atoms with Crippen LogP contribution in [0.3, 0.4) is 0 Å². The van der Waals surface area contributed by atoms with Crippen molar-refractivity contribution in [3.05, 3.63) is 112 Å². The number of rotatable bonds is 11. The van der Waals surface area contributed by atoms with E-state index in [1.165, 1.54) is 34.8 Å². The van der Waals surface area contributed by atoms with Crippen molar-refractivity contribution in [2.24, 2.45) is 0 Å². The average Bonchev–Trinajstić information content (AvgIpc) is 4.06. The molecule has 0 unspecified atom stereocenters. The molecular weight excluding hydrogens is 919 g/mol. The van der Waals surface area contributed by atoms with E-state index in [0.29, 0.717) is 72.2 Å². The summed E-state index contributed by atoms with van der Waals surface area (Å²) in [5.41, 5.74) is 5.32. The number of pyridine rings is 1. The van der Waals surface area contributed by atoms with Gasteiger partial charge in [0, 0.05) is 72.1 Å². The van der Waals surface area contributed by atoms with Gasteiger partial charge in [0.25, 0.3) is 17.7 Å². The second-order valence-corrected chi connectivity index (χ2v) is 18.3. The standard InChI is InChI=1S/C50H55N9O8S2/c60-23-22-59(21-19-54-45(61)33-11-13-42-38(26-33)55-46(62)41-31-69-49(58-41)35-15-18-53-44(29-35)52-17-4-2-6-25-66-42)20-7-8-32-9-10-34-27-37(32)51-16-3-1-5-24-67-43-14-12-36(50(64)65)28-39(43)56-47(63)40-30-68-48(34)57-40/h9-15,18,26-31,51,60H,1-8,16-17,19-25H2,(H,52,53)(H,54,61)(H,55,62)(H,56,63)(H,64,65). The summed E-state index contributed by atoms with van der Waals surface area (Å²) in [6.45, 7) is 4.27. The fourth-order valence-electron chi connectivity index (χ4n) is 7.94. The van der Waals surface area contributed by atoms with Crippen LogP contribution in [-0.4, -0.2) is 113 Å². The molecule has 0 aliphatic carbocycles. The Morgan fingerprint density at radius 1 is 0.696 bits per heavy atom. The summed E-state index contributed by atoms with van der Waals surface area (Å²) in [4.78, 5) is 67.8. The van der Waals surface area contributed by atoms with Gasteiger partial charge in [-0.2, -0.15) is 0 Å². The number of aromatic carboxylic acids is 1. The number of carbonyl (C=O) groups excluding carboxylic acids is 3. The molecule has 3 amide bonds. The van der Waals surface area contributed by atoms with Gasteiger partial charge in [0.1, 0.15) is 38.7 Å². The molecule has 0 fully saturated rings. The first-order valence-corrected chi connectivity index (χ1v) is 25.0. The number of aliphatic hydroxyl groups excluding tert-OH is 1. The van der Waals surface area contributed by atoms with E-state index in [2.05, 4.69) is 58.6 Å². The third-order valence-corrected chi connectivity index (χ3v) is 13.4. The number of aromatic nitrogens is 3. The number of carboxylic acid groups (broad SMARTS) is 1. The molecule has 69 heavy (non-hydrogen) atoms. The van der Waals surface area contributed by atoms with Gasteiger partial charge in [-0.1, -0.05) is 12.1 Å². The molecule has 2 aliphatic rings. The lowest BCUT2D eigenvalue weighted by atomic mass is 10.0. The van der Waals surface area contributed by atoms with Gasteiger partial charge in [-0.15, -0.1) is 22.7 Å². The van der Waals surface area contributed by atoms with Crippen LogP contribution < -0.4 is 36.1 Å². The molecule has 0 atom stereocenters. The fourth-order valence-corrected chi connectivity index (χ4v) is 9.53. The van der Waals surface area contributed by atoms with E-state index in [4.69, 9.17) is 9.47 Å². The Labute approximate surface area is 407 Å². The average molecular weight is 974 g/mol. The molecule has 0 radical (unpaired) electrons. The van der Waals surface area contributed by atoms with Gasteiger partial charge in [-0.3, -0.25) is 19.3 Å². The lowest BCUT2D eigenvalue weighted by Crippen LogP contribution is -2.37. The summed E-state index contributed by atoms with van der Waals surface area (Å²) in [7, 11) is 0. The molecule has 19 heteroatoms. The third-order valence-electron chi connectivity index (χ3n) is 11.6. The minimum atomic E-state index is -1.11. The number of benzene rings is 3. The van der Waals surface area contributed by atoms with Gasteiger partial charge in [-0.25, -0.2) is 19.7 Å². The van der Waals surface area contributed by atoms with Crippen molar-refractivity contribution in [3.8, 4) is 32.6 Å². The molecule has 0 saturated heterocycles. The number of thiazole rings is 2. The first-order chi connectivity index (χ1) is 33.7. The monoisotopic (exact) mass is 973 g/mol. The van der Waals surface area contributed by atoms with Gasteiger partial charge >= 0.3 is 5.97 Å². The Bertz CT molecular complexity index is 2760. The quantitative estimate of drug-likeness (QED) is 0.0650. The number of nitrogens with one attached hydrogen (secondary N) is 5. The zero-order valence-electron chi connectivity index (χ0n) is 38.1. The van der Waals surface area contributed by atoms with Crippen molar-refractivity contribution in [1.82, 2.24) is 25.2 Å². The van der Waals surface area contributed by atoms with Crippen molar-refractivity contribution in [2.75, 3.05) is 80.4 Å².